The Balaban J connectivity index is 1.52. The van der Waals surface area contributed by atoms with E-state index in [1.54, 1.807) is 59.3 Å². The second kappa shape index (κ2) is 18.0. The molecule has 0 radical (unpaired) electrons. The molecule has 0 bridgehead atoms. The minimum atomic E-state index is -4.00. The van der Waals surface area contributed by atoms with E-state index in [-0.39, 0.29) is 12.3 Å². The molecule has 0 aromatic heterocycles. The number of nitrogens with one attached hydrogen (secondary N) is 4. The Hall–Kier alpha value is -4.65. The quantitative estimate of drug-likeness (QED) is 0.133. The molecule has 4 N–H and O–H groups in total. The summed E-state index contributed by atoms with van der Waals surface area (Å²) >= 11 is 0. The van der Waals surface area contributed by atoms with Gasteiger partial charge in [-0.3, -0.25) is 33.3 Å². The number of carbonyl (C=O) groups excluding carboxylic acids is 5. The summed E-state index contributed by atoms with van der Waals surface area (Å²) in [4.78, 5) is 66.3. The Morgan fingerprint density at radius 2 is 1.41 bits per heavy atom. The van der Waals surface area contributed by atoms with Crippen LogP contribution in [0, 0.1) is 5.92 Å². The molecule has 3 unspecified atom stereocenters. The van der Waals surface area contributed by atoms with Crippen molar-refractivity contribution in [3.8, 4) is 11.1 Å². The first-order chi connectivity index (χ1) is 24.2. The summed E-state index contributed by atoms with van der Waals surface area (Å²) in [5, 5.41) is 7.93. The third-order valence-electron chi connectivity index (χ3n) is 8.45. The topological polar surface area (TPSA) is 194 Å². The van der Waals surface area contributed by atoms with Crippen molar-refractivity contribution in [1.29, 1.82) is 0 Å². The van der Waals surface area contributed by atoms with Gasteiger partial charge in [0.15, 0.2) is 5.78 Å². The standard InChI is InChI=1S/C36H43N4O9PS/c1-50(46,27-18-10-5-11-19-27)49-24-32(41)30(23-33(42)40-51(2,47)48)38-34(43)31(22-25-14-6-3-7-15-25)39-36(45)35(44)37-29-21-13-12-20-28(29)26-16-8-4-9-17-26/h4-5,8-13,16-21,25,30-31H,3,6-7,14-15,22-24H2,1-2H3,(H,37,44)(H,38,43)(H,39,45)(H,40,42). The van der Waals surface area contributed by atoms with Crippen molar-refractivity contribution in [2.75, 3.05) is 24.8 Å². The number of hydrogen-bond acceptors (Lipinski definition) is 9. The number of ketones is 1. The Morgan fingerprint density at radius 1 is 0.804 bits per heavy atom. The van der Waals surface area contributed by atoms with Gasteiger partial charge in [0.2, 0.25) is 29.2 Å². The lowest BCUT2D eigenvalue weighted by atomic mass is 9.84. The van der Waals surface area contributed by atoms with E-state index >= 15 is 0 Å². The molecule has 3 aromatic rings. The maximum atomic E-state index is 13.8. The molecule has 1 aliphatic rings. The van der Waals surface area contributed by atoms with Crippen LogP contribution in [-0.2, 0) is 43.1 Å². The minimum Gasteiger partial charge on any atom is -0.344 e. The predicted molar refractivity (Wildman–Crippen MR) is 194 cm³/mol. The number of anilines is 1. The maximum Gasteiger partial charge on any atom is 0.313 e. The van der Waals surface area contributed by atoms with Crippen molar-refractivity contribution < 1.29 is 41.5 Å². The van der Waals surface area contributed by atoms with Gasteiger partial charge in [0.05, 0.1) is 18.7 Å². The van der Waals surface area contributed by atoms with Crippen molar-refractivity contribution in [3.63, 3.8) is 0 Å². The zero-order chi connectivity index (χ0) is 37.0. The van der Waals surface area contributed by atoms with Crippen LogP contribution in [0.2, 0.25) is 0 Å². The fourth-order valence-electron chi connectivity index (χ4n) is 5.86. The monoisotopic (exact) mass is 738 g/mol. The molecule has 1 aliphatic carbocycles. The molecule has 1 fully saturated rings. The molecular weight excluding hydrogens is 695 g/mol. The van der Waals surface area contributed by atoms with Crippen LogP contribution in [0.3, 0.4) is 0 Å². The van der Waals surface area contributed by atoms with E-state index < -0.39 is 71.9 Å². The lowest BCUT2D eigenvalue weighted by Gasteiger charge is -2.28. The second-order valence-corrected chi connectivity index (χ2v) is 16.8. The van der Waals surface area contributed by atoms with E-state index in [4.69, 9.17) is 4.52 Å². The van der Waals surface area contributed by atoms with Gasteiger partial charge in [-0.1, -0.05) is 98.8 Å². The Morgan fingerprint density at radius 3 is 2.06 bits per heavy atom. The Bertz CT molecular complexity index is 1870. The van der Waals surface area contributed by atoms with Gasteiger partial charge in [0, 0.05) is 23.2 Å². The average molecular weight is 739 g/mol. The number of para-hydroxylation sites is 1. The van der Waals surface area contributed by atoms with E-state index in [0.717, 1.165) is 43.9 Å². The van der Waals surface area contributed by atoms with Crippen LogP contribution in [0.15, 0.2) is 84.9 Å². The Kier molecular flexibility index (Phi) is 13.8. The number of rotatable bonds is 15. The van der Waals surface area contributed by atoms with E-state index in [9.17, 15) is 37.0 Å². The summed E-state index contributed by atoms with van der Waals surface area (Å²) in [6.07, 6.45) is 4.56. The van der Waals surface area contributed by atoms with Crippen LogP contribution in [-0.4, -0.2) is 69.4 Å². The number of sulfonamides is 1. The number of amides is 4. The minimum absolute atomic E-state index is 0.0273. The summed E-state index contributed by atoms with van der Waals surface area (Å²) in [7, 11) is -7.50. The molecule has 0 aliphatic heterocycles. The van der Waals surface area contributed by atoms with E-state index in [2.05, 4.69) is 16.0 Å². The highest BCUT2D eigenvalue weighted by atomic mass is 32.2. The molecule has 4 amide bonds. The zero-order valence-corrected chi connectivity index (χ0v) is 30.2. The summed E-state index contributed by atoms with van der Waals surface area (Å²) in [6.45, 7) is 0.543. The summed E-state index contributed by atoms with van der Waals surface area (Å²) in [5.74, 6) is -4.89. The van der Waals surface area contributed by atoms with Crippen molar-refractivity contribution in [2.45, 2.75) is 57.0 Å². The molecule has 51 heavy (non-hydrogen) atoms. The van der Waals surface area contributed by atoms with Crippen molar-refractivity contribution in [1.82, 2.24) is 15.4 Å². The van der Waals surface area contributed by atoms with E-state index in [1.807, 2.05) is 30.3 Å². The fourth-order valence-corrected chi connectivity index (χ4v) is 7.60. The molecule has 4 rings (SSSR count). The van der Waals surface area contributed by atoms with Crippen LogP contribution < -0.4 is 26.0 Å². The highest BCUT2D eigenvalue weighted by molar-refractivity contribution is 7.89. The summed E-state index contributed by atoms with van der Waals surface area (Å²) in [6, 6.07) is 21.4. The number of carbonyl (C=O) groups is 5. The number of Topliss-reactive ketones (excluding diaryl/α,β-unsaturated/α-hetero) is 1. The summed E-state index contributed by atoms with van der Waals surface area (Å²) < 4.78 is 43.9. The third-order valence-corrected chi connectivity index (χ3v) is 10.9. The van der Waals surface area contributed by atoms with Crippen molar-refractivity contribution >= 4 is 57.8 Å². The van der Waals surface area contributed by atoms with Crippen LogP contribution in [0.25, 0.3) is 11.1 Å². The Labute approximate surface area is 297 Å². The van der Waals surface area contributed by atoms with E-state index in [1.165, 1.54) is 6.66 Å². The summed E-state index contributed by atoms with van der Waals surface area (Å²) in [5.41, 5.74) is 1.87. The lowest BCUT2D eigenvalue weighted by Crippen LogP contribution is -2.55. The maximum absolute atomic E-state index is 13.8. The van der Waals surface area contributed by atoms with E-state index in [0.29, 0.717) is 16.6 Å². The third kappa shape index (κ3) is 12.3. The average Bonchev–Trinajstić information content (AvgIpc) is 3.10. The lowest BCUT2D eigenvalue weighted by molar-refractivity contribution is -0.138. The first-order valence-corrected chi connectivity index (χ1v) is 20.6. The molecular formula is C36H43N4O9PS. The van der Waals surface area contributed by atoms with Crippen molar-refractivity contribution in [2.24, 2.45) is 5.92 Å². The second-order valence-electron chi connectivity index (χ2n) is 12.6. The highest BCUT2D eigenvalue weighted by Gasteiger charge is 2.33. The van der Waals surface area contributed by atoms with Gasteiger partial charge in [0.25, 0.3) is 0 Å². The van der Waals surface area contributed by atoms with Crippen LogP contribution in [0.1, 0.15) is 44.9 Å². The van der Waals surface area contributed by atoms with Gasteiger partial charge in [-0.25, -0.2) is 8.42 Å². The molecule has 0 spiro atoms. The van der Waals surface area contributed by atoms with Gasteiger partial charge in [0.1, 0.15) is 12.6 Å². The van der Waals surface area contributed by atoms with Gasteiger partial charge >= 0.3 is 11.8 Å². The van der Waals surface area contributed by atoms with Gasteiger partial charge in [-0.05, 0) is 36.1 Å². The normalized spacial score (nSPS) is 15.7. The number of hydrogen-bond donors (Lipinski definition) is 4. The molecule has 272 valence electrons. The van der Waals surface area contributed by atoms with Crippen LogP contribution >= 0.6 is 7.37 Å². The van der Waals surface area contributed by atoms with Gasteiger partial charge in [-0.15, -0.1) is 0 Å². The first-order valence-electron chi connectivity index (χ1n) is 16.6. The largest absolute Gasteiger partial charge is 0.344 e. The van der Waals surface area contributed by atoms with Crippen LogP contribution in [0.5, 0.6) is 0 Å². The first kappa shape index (κ1) is 39.1. The molecule has 13 nitrogen and oxygen atoms in total. The molecule has 0 heterocycles. The number of benzene rings is 3. The predicted octanol–water partition coefficient (Wildman–Crippen LogP) is 3.52. The molecule has 3 aromatic carbocycles. The zero-order valence-electron chi connectivity index (χ0n) is 28.5. The smallest absolute Gasteiger partial charge is 0.313 e. The fraction of sp³-hybridized carbons (Fsp3) is 0.361. The molecule has 1 saturated carbocycles. The van der Waals surface area contributed by atoms with Crippen LogP contribution in [0.4, 0.5) is 5.69 Å². The molecule has 0 saturated heterocycles. The van der Waals surface area contributed by atoms with Gasteiger partial charge in [-0.2, -0.15) is 0 Å². The van der Waals surface area contributed by atoms with Gasteiger partial charge < -0.3 is 20.5 Å². The molecule has 15 heteroatoms. The molecule has 3 atom stereocenters. The SMILES string of the molecule is CP(=O)(OCC(=O)C(CC(=O)NS(C)(=O)=O)NC(=O)C(CC1CCCCC1)NC(=O)C(=O)Nc1ccccc1-c1ccccc1)c1ccccc1. The van der Waals surface area contributed by atoms with Crippen molar-refractivity contribution in [3.05, 3.63) is 84.9 Å². The highest BCUT2D eigenvalue weighted by Crippen LogP contribution is 2.41.